The number of hydrogen-bond acceptors (Lipinski definition) is 3. The SMILES string of the molecule is CCC(O[Si](C)(C)C(C)(C)C)C(=O)O[Si](C)(C)C(C)(C)C. The molecule has 0 aromatic carbocycles. The molecule has 0 aromatic rings. The van der Waals surface area contributed by atoms with Crippen LogP contribution in [0.5, 0.6) is 0 Å². The number of carbonyl (C=O) groups excluding carboxylic acids is 1. The number of hydrogen-bond donors (Lipinski definition) is 0. The third kappa shape index (κ3) is 5.53. The van der Waals surface area contributed by atoms with Crippen LogP contribution in [0.15, 0.2) is 0 Å². The van der Waals surface area contributed by atoms with E-state index in [4.69, 9.17) is 8.85 Å². The molecule has 0 saturated carbocycles. The molecule has 0 radical (unpaired) electrons. The summed E-state index contributed by atoms with van der Waals surface area (Å²) < 4.78 is 12.2. The topological polar surface area (TPSA) is 35.5 Å². The molecule has 126 valence electrons. The van der Waals surface area contributed by atoms with Crippen LogP contribution in [0.3, 0.4) is 0 Å². The van der Waals surface area contributed by atoms with Gasteiger partial charge in [0.2, 0.25) is 0 Å². The van der Waals surface area contributed by atoms with E-state index in [1.165, 1.54) is 0 Å². The van der Waals surface area contributed by atoms with E-state index < -0.39 is 22.7 Å². The van der Waals surface area contributed by atoms with Crippen molar-refractivity contribution < 1.29 is 13.6 Å². The fraction of sp³-hybridized carbons (Fsp3) is 0.938. The Morgan fingerprint density at radius 2 is 1.29 bits per heavy atom. The van der Waals surface area contributed by atoms with Crippen LogP contribution in [0.1, 0.15) is 54.9 Å². The predicted octanol–water partition coefficient (Wildman–Crippen LogP) is 5.34. The highest BCUT2D eigenvalue weighted by Crippen LogP contribution is 2.39. The van der Waals surface area contributed by atoms with Crippen molar-refractivity contribution in [2.24, 2.45) is 0 Å². The van der Waals surface area contributed by atoms with Crippen LogP contribution in [0.4, 0.5) is 0 Å². The molecule has 0 fully saturated rings. The van der Waals surface area contributed by atoms with Gasteiger partial charge < -0.3 is 8.85 Å². The fourth-order valence-corrected chi connectivity index (χ4v) is 3.57. The first-order valence-electron chi connectivity index (χ1n) is 7.96. The molecule has 0 aliphatic carbocycles. The zero-order chi connectivity index (χ0) is 17.3. The Labute approximate surface area is 134 Å². The lowest BCUT2D eigenvalue weighted by Gasteiger charge is -2.40. The maximum Gasteiger partial charge on any atom is 0.320 e. The van der Waals surface area contributed by atoms with Crippen LogP contribution >= 0.6 is 0 Å². The van der Waals surface area contributed by atoms with Crippen LogP contribution < -0.4 is 0 Å². The van der Waals surface area contributed by atoms with Crippen molar-refractivity contribution in [2.75, 3.05) is 0 Å². The quantitative estimate of drug-likeness (QED) is 0.638. The molecule has 0 rings (SSSR count). The van der Waals surface area contributed by atoms with Crippen molar-refractivity contribution in [1.82, 2.24) is 0 Å². The summed E-state index contributed by atoms with van der Waals surface area (Å²) >= 11 is 0. The van der Waals surface area contributed by atoms with E-state index in [0.29, 0.717) is 6.42 Å². The van der Waals surface area contributed by atoms with E-state index in [1.807, 2.05) is 6.92 Å². The molecule has 3 nitrogen and oxygen atoms in total. The van der Waals surface area contributed by atoms with Gasteiger partial charge >= 0.3 is 5.97 Å². The van der Waals surface area contributed by atoms with Crippen molar-refractivity contribution in [1.29, 1.82) is 0 Å². The predicted molar refractivity (Wildman–Crippen MR) is 95.7 cm³/mol. The second kappa shape index (κ2) is 6.54. The summed E-state index contributed by atoms with van der Waals surface area (Å²) in [7, 11) is -4.04. The zero-order valence-electron chi connectivity index (χ0n) is 16.0. The minimum atomic E-state index is -2.08. The minimum Gasteiger partial charge on any atom is -0.517 e. The molecule has 1 atom stereocenters. The largest absolute Gasteiger partial charge is 0.517 e. The molecule has 0 spiro atoms. The van der Waals surface area contributed by atoms with Crippen LogP contribution in [0.2, 0.25) is 36.3 Å². The molecule has 0 bridgehead atoms. The molecule has 0 N–H and O–H groups in total. The maximum absolute atomic E-state index is 12.6. The summed E-state index contributed by atoms with van der Waals surface area (Å²) in [5.74, 6) is -0.172. The van der Waals surface area contributed by atoms with Gasteiger partial charge in [-0.1, -0.05) is 48.5 Å². The van der Waals surface area contributed by atoms with E-state index in [2.05, 4.69) is 67.7 Å². The summed E-state index contributed by atoms with van der Waals surface area (Å²) in [5.41, 5.74) is 0. The third-order valence-electron chi connectivity index (χ3n) is 5.04. The molecule has 0 aliphatic heterocycles. The van der Waals surface area contributed by atoms with Gasteiger partial charge in [-0.2, -0.15) is 0 Å². The van der Waals surface area contributed by atoms with Crippen molar-refractivity contribution in [3.05, 3.63) is 0 Å². The fourth-order valence-electron chi connectivity index (χ4n) is 1.30. The standard InChI is InChI=1S/C16H36O3Si2/c1-12-13(18-20(8,9)15(2,3)4)14(17)19-21(10,11)16(5,6)7/h13H,12H2,1-11H3. The van der Waals surface area contributed by atoms with Crippen molar-refractivity contribution in [2.45, 2.75) is 97.3 Å². The highest BCUT2D eigenvalue weighted by Gasteiger charge is 2.44. The Morgan fingerprint density at radius 1 is 0.905 bits per heavy atom. The van der Waals surface area contributed by atoms with Gasteiger partial charge in [-0.15, -0.1) is 0 Å². The Kier molecular flexibility index (Phi) is 6.50. The van der Waals surface area contributed by atoms with E-state index >= 15 is 0 Å². The van der Waals surface area contributed by atoms with E-state index in [-0.39, 0.29) is 16.0 Å². The third-order valence-corrected chi connectivity index (χ3v) is 13.8. The minimum absolute atomic E-state index is 0.0257. The summed E-state index contributed by atoms with van der Waals surface area (Å²) in [6, 6.07) is 0. The van der Waals surface area contributed by atoms with Gasteiger partial charge in [-0.3, -0.25) is 4.79 Å². The molecule has 21 heavy (non-hydrogen) atoms. The van der Waals surface area contributed by atoms with Gasteiger partial charge in [0.15, 0.2) is 8.32 Å². The van der Waals surface area contributed by atoms with E-state index in [9.17, 15) is 4.79 Å². The summed E-state index contributed by atoms with van der Waals surface area (Å²) in [4.78, 5) is 12.6. The highest BCUT2D eigenvalue weighted by atomic mass is 28.4. The van der Waals surface area contributed by atoms with Gasteiger partial charge in [0.1, 0.15) is 6.10 Å². The lowest BCUT2D eigenvalue weighted by atomic mass is 10.2. The Morgan fingerprint density at radius 3 is 1.57 bits per heavy atom. The molecule has 0 aliphatic rings. The first-order valence-corrected chi connectivity index (χ1v) is 13.8. The van der Waals surface area contributed by atoms with Gasteiger partial charge in [-0.25, -0.2) is 0 Å². The average Bonchev–Trinajstić information content (AvgIpc) is 2.21. The lowest BCUT2D eigenvalue weighted by molar-refractivity contribution is -0.144. The first-order chi connectivity index (χ1) is 9.05. The van der Waals surface area contributed by atoms with Crippen molar-refractivity contribution in [3.63, 3.8) is 0 Å². The summed E-state index contributed by atoms with van der Waals surface area (Å²) in [5, 5.41) is 0.121. The molecule has 0 aromatic heterocycles. The van der Waals surface area contributed by atoms with Crippen molar-refractivity contribution in [3.8, 4) is 0 Å². The Balaban J connectivity index is 5.04. The van der Waals surface area contributed by atoms with E-state index in [1.54, 1.807) is 0 Å². The molecule has 0 heterocycles. The van der Waals surface area contributed by atoms with Gasteiger partial charge in [0, 0.05) is 0 Å². The van der Waals surface area contributed by atoms with Gasteiger partial charge in [-0.05, 0) is 42.7 Å². The molecular weight excluding hydrogens is 296 g/mol. The van der Waals surface area contributed by atoms with Crippen molar-refractivity contribution >= 4 is 22.6 Å². The molecule has 0 saturated heterocycles. The summed E-state index contributed by atoms with van der Waals surface area (Å²) in [6.07, 6.45) is 0.236. The highest BCUT2D eigenvalue weighted by molar-refractivity contribution is 6.76. The van der Waals surface area contributed by atoms with Crippen LogP contribution in [-0.4, -0.2) is 28.7 Å². The molecule has 0 amide bonds. The molecule has 5 heteroatoms. The second-order valence-electron chi connectivity index (χ2n) is 8.96. The van der Waals surface area contributed by atoms with Gasteiger partial charge in [0.05, 0.1) is 0 Å². The monoisotopic (exact) mass is 332 g/mol. The Bertz CT molecular complexity index is 363. The van der Waals surface area contributed by atoms with E-state index in [0.717, 1.165) is 0 Å². The average molecular weight is 333 g/mol. The second-order valence-corrected chi connectivity index (χ2v) is 18.4. The number of rotatable bonds is 5. The zero-order valence-corrected chi connectivity index (χ0v) is 18.0. The maximum atomic E-state index is 12.6. The first kappa shape index (κ1) is 20.9. The number of carbonyl (C=O) groups is 1. The molecule has 1 unspecified atom stereocenters. The van der Waals surface area contributed by atoms with Crippen LogP contribution in [0, 0.1) is 0 Å². The van der Waals surface area contributed by atoms with Crippen LogP contribution in [0.25, 0.3) is 0 Å². The normalized spacial score (nSPS) is 15.8. The molecular formula is C16H36O3Si2. The Hall–Kier alpha value is -0.136. The summed E-state index contributed by atoms with van der Waals surface area (Å²) in [6.45, 7) is 23.5. The smallest absolute Gasteiger partial charge is 0.320 e. The van der Waals surface area contributed by atoms with Gasteiger partial charge in [0.25, 0.3) is 8.32 Å². The van der Waals surface area contributed by atoms with Crippen LogP contribution in [-0.2, 0) is 13.6 Å². The lowest BCUT2D eigenvalue weighted by Crippen LogP contribution is -2.50.